The van der Waals surface area contributed by atoms with E-state index in [1.54, 1.807) is 12.1 Å². The molecular formula is C23H24F3N2O4+. The molecule has 1 amide bonds. The lowest BCUT2D eigenvalue weighted by molar-refractivity contribution is -0.895. The van der Waals surface area contributed by atoms with Gasteiger partial charge < -0.3 is 15.1 Å². The second-order valence-corrected chi connectivity index (χ2v) is 8.02. The van der Waals surface area contributed by atoms with Gasteiger partial charge in [-0.1, -0.05) is 18.2 Å². The van der Waals surface area contributed by atoms with E-state index in [0.29, 0.717) is 4.73 Å². The molecule has 2 N–H and O–H groups in total. The van der Waals surface area contributed by atoms with Crippen LogP contribution in [0.3, 0.4) is 0 Å². The van der Waals surface area contributed by atoms with Gasteiger partial charge in [-0.15, -0.1) is 0 Å². The third-order valence-corrected chi connectivity index (χ3v) is 6.09. The summed E-state index contributed by atoms with van der Waals surface area (Å²) in [5.74, 6) is -1.14. The molecule has 4 rings (SSSR count). The molecule has 2 aromatic rings. The molecule has 0 spiro atoms. The van der Waals surface area contributed by atoms with Crippen molar-refractivity contribution in [2.24, 2.45) is 0 Å². The van der Waals surface area contributed by atoms with E-state index >= 15 is 0 Å². The minimum absolute atomic E-state index is 0.00910. The summed E-state index contributed by atoms with van der Waals surface area (Å²) in [7, 11) is 0. The monoisotopic (exact) mass is 449 g/mol. The van der Waals surface area contributed by atoms with Crippen LogP contribution in [0.4, 0.5) is 23.8 Å². The first-order valence-electron chi connectivity index (χ1n) is 10.5. The predicted octanol–water partition coefficient (Wildman–Crippen LogP) is 4.18. The van der Waals surface area contributed by atoms with Crippen molar-refractivity contribution in [3.63, 3.8) is 0 Å². The van der Waals surface area contributed by atoms with Crippen molar-refractivity contribution in [2.75, 3.05) is 18.1 Å². The molecule has 1 aliphatic carbocycles. The number of hydrogen-bond acceptors (Lipinski definition) is 4. The zero-order chi connectivity index (χ0) is 22.9. The molecule has 9 heteroatoms. The largest absolute Gasteiger partial charge is 0.508 e. The third kappa shape index (κ3) is 3.92. The Morgan fingerprint density at radius 3 is 2.66 bits per heavy atom. The van der Waals surface area contributed by atoms with Crippen LogP contribution in [0, 0.1) is 5.82 Å². The summed E-state index contributed by atoms with van der Waals surface area (Å²) < 4.78 is 48.7. The number of benzene rings is 1. The molecule has 1 saturated heterocycles. The number of anilines is 1. The number of rotatable bonds is 5. The number of hydrogen-bond donors (Lipinski definition) is 2. The maximum atomic E-state index is 14.5. The lowest BCUT2D eigenvalue weighted by atomic mass is 9.85. The summed E-state index contributed by atoms with van der Waals surface area (Å²) in [6.45, 7) is -0.259. The average Bonchev–Trinajstić information content (AvgIpc) is 2.75. The van der Waals surface area contributed by atoms with Crippen LogP contribution in [0.25, 0.3) is 5.57 Å². The SMILES string of the molecule is O=C1OC(CCO)(c2ccccc2F)CCN1c1cccc(C2=C(F)CC(F)CC2)[n+]1O. The quantitative estimate of drug-likeness (QED) is 0.531. The van der Waals surface area contributed by atoms with Gasteiger partial charge in [-0.25, -0.2) is 13.2 Å². The molecule has 2 atom stereocenters. The normalized spacial score (nSPS) is 23.9. The maximum absolute atomic E-state index is 14.5. The molecule has 1 fully saturated rings. The smallest absolute Gasteiger partial charge is 0.419 e. The lowest BCUT2D eigenvalue weighted by Crippen LogP contribution is -2.53. The van der Waals surface area contributed by atoms with E-state index in [2.05, 4.69) is 0 Å². The van der Waals surface area contributed by atoms with Crippen LogP contribution in [0.1, 0.15) is 43.4 Å². The maximum Gasteiger partial charge on any atom is 0.508 e. The summed E-state index contributed by atoms with van der Waals surface area (Å²) in [6.07, 6.45) is -2.02. The Kier molecular flexibility index (Phi) is 6.10. The second kappa shape index (κ2) is 8.82. The molecule has 0 radical (unpaired) electrons. The van der Waals surface area contributed by atoms with Gasteiger partial charge in [-0.3, -0.25) is 0 Å². The number of amides is 1. The number of nitrogens with zero attached hydrogens (tertiary/aromatic N) is 2. The standard InChI is InChI=1S/C23H24F3N2O4/c24-15-8-9-16(19(26)14-15)20-6-3-7-21(28(20)31)27-12-10-23(11-13-29,32-22(27)30)17-4-1-2-5-18(17)25/h1-7,15,29,31H,8-14H2/q+1. The van der Waals surface area contributed by atoms with Gasteiger partial charge in [0.15, 0.2) is 5.69 Å². The highest BCUT2D eigenvalue weighted by Gasteiger charge is 2.48. The van der Waals surface area contributed by atoms with Crippen molar-refractivity contribution in [3.8, 4) is 0 Å². The number of cyclic esters (lactones) is 1. The Bertz CT molecular complexity index is 1060. The van der Waals surface area contributed by atoms with E-state index in [-0.39, 0.29) is 67.9 Å². The van der Waals surface area contributed by atoms with E-state index in [4.69, 9.17) is 4.74 Å². The first kappa shape index (κ1) is 22.1. The highest BCUT2D eigenvalue weighted by Crippen LogP contribution is 2.39. The summed E-state index contributed by atoms with van der Waals surface area (Å²) in [6, 6.07) is 10.4. The fraction of sp³-hybridized carbons (Fsp3) is 0.391. The van der Waals surface area contributed by atoms with E-state index in [1.165, 1.54) is 35.2 Å². The van der Waals surface area contributed by atoms with E-state index in [0.717, 1.165) is 0 Å². The minimum Gasteiger partial charge on any atom is -0.419 e. The molecule has 2 unspecified atom stereocenters. The van der Waals surface area contributed by atoms with Crippen molar-refractivity contribution in [1.29, 1.82) is 0 Å². The van der Waals surface area contributed by atoms with Gasteiger partial charge in [0.2, 0.25) is 0 Å². The van der Waals surface area contributed by atoms with Crippen molar-refractivity contribution >= 4 is 17.5 Å². The highest BCUT2D eigenvalue weighted by molar-refractivity contribution is 5.87. The predicted molar refractivity (Wildman–Crippen MR) is 109 cm³/mol. The van der Waals surface area contributed by atoms with Gasteiger partial charge >= 0.3 is 11.9 Å². The van der Waals surface area contributed by atoms with Gasteiger partial charge in [0.25, 0.3) is 0 Å². The number of aliphatic hydroxyl groups excluding tert-OH is 1. The van der Waals surface area contributed by atoms with Gasteiger partial charge in [0.1, 0.15) is 30.0 Å². The number of alkyl halides is 1. The Labute approximate surface area is 183 Å². The number of halogens is 3. The number of ether oxygens (including phenoxy) is 1. The fourth-order valence-electron chi connectivity index (χ4n) is 4.42. The first-order chi connectivity index (χ1) is 15.4. The Hall–Kier alpha value is -3.07. The number of carbonyl (C=O) groups excluding carboxylic acids is 1. The number of allylic oxidation sites excluding steroid dienone is 2. The van der Waals surface area contributed by atoms with Gasteiger partial charge in [-0.05, 0) is 35.8 Å². The number of pyridine rings is 1. The lowest BCUT2D eigenvalue weighted by Gasteiger charge is -2.38. The van der Waals surface area contributed by atoms with Crippen molar-refractivity contribution in [3.05, 3.63) is 65.4 Å². The number of carbonyl (C=O) groups is 1. The van der Waals surface area contributed by atoms with Crippen LogP contribution >= 0.6 is 0 Å². The Balaban J connectivity index is 1.65. The summed E-state index contributed by atoms with van der Waals surface area (Å²) in [5.41, 5.74) is -0.863. The second-order valence-electron chi connectivity index (χ2n) is 8.02. The molecule has 2 heterocycles. The molecule has 2 aliphatic rings. The fourth-order valence-corrected chi connectivity index (χ4v) is 4.42. The summed E-state index contributed by atoms with van der Waals surface area (Å²) in [5, 5.41) is 20.3. The topological polar surface area (TPSA) is 73.9 Å². The molecule has 6 nitrogen and oxygen atoms in total. The van der Waals surface area contributed by atoms with Crippen LogP contribution in [-0.4, -0.2) is 35.7 Å². The molecule has 0 bridgehead atoms. The van der Waals surface area contributed by atoms with Gasteiger partial charge in [0.05, 0.1) is 0 Å². The van der Waals surface area contributed by atoms with Crippen LogP contribution in [0.5, 0.6) is 0 Å². The molecule has 1 aliphatic heterocycles. The van der Waals surface area contributed by atoms with Gasteiger partial charge in [-0.2, -0.15) is 9.69 Å². The molecule has 1 aromatic carbocycles. The van der Waals surface area contributed by atoms with Crippen LogP contribution in [0.2, 0.25) is 0 Å². The molecule has 1 aromatic heterocycles. The number of aromatic nitrogens is 1. The number of aliphatic hydroxyl groups is 1. The van der Waals surface area contributed by atoms with Crippen molar-refractivity contribution in [1.82, 2.24) is 0 Å². The minimum atomic E-state index is -1.35. The average molecular weight is 449 g/mol. The summed E-state index contributed by atoms with van der Waals surface area (Å²) >= 11 is 0. The van der Waals surface area contributed by atoms with E-state index in [9.17, 15) is 28.3 Å². The Morgan fingerprint density at radius 2 is 1.97 bits per heavy atom. The highest BCUT2D eigenvalue weighted by atomic mass is 19.1. The van der Waals surface area contributed by atoms with Crippen LogP contribution in [0.15, 0.2) is 48.3 Å². The zero-order valence-corrected chi connectivity index (χ0v) is 17.3. The van der Waals surface area contributed by atoms with Gasteiger partial charge in [0, 0.05) is 43.1 Å². The molecule has 0 saturated carbocycles. The molecule has 170 valence electrons. The molecular weight excluding hydrogens is 425 g/mol. The van der Waals surface area contributed by atoms with Crippen LogP contribution < -0.4 is 9.63 Å². The zero-order valence-electron chi connectivity index (χ0n) is 17.3. The third-order valence-electron chi connectivity index (χ3n) is 6.09. The summed E-state index contributed by atoms with van der Waals surface area (Å²) in [4.78, 5) is 14.1. The van der Waals surface area contributed by atoms with Crippen LogP contribution in [-0.2, 0) is 10.3 Å². The van der Waals surface area contributed by atoms with E-state index < -0.39 is 29.5 Å². The van der Waals surface area contributed by atoms with Crippen molar-refractivity contribution < 1.29 is 37.7 Å². The Morgan fingerprint density at radius 1 is 1.19 bits per heavy atom. The van der Waals surface area contributed by atoms with E-state index in [1.807, 2.05) is 0 Å². The van der Waals surface area contributed by atoms with Crippen molar-refractivity contribution in [2.45, 2.75) is 43.9 Å². The molecule has 32 heavy (non-hydrogen) atoms. The first-order valence-corrected chi connectivity index (χ1v) is 10.5.